The molecule has 2 aromatic heterocycles. The lowest BCUT2D eigenvalue weighted by molar-refractivity contribution is -0.140. The first-order valence-electron chi connectivity index (χ1n) is 8.79. The Morgan fingerprint density at radius 3 is 2.92 bits per heavy atom. The van der Waals surface area contributed by atoms with Gasteiger partial charge in [-0.05, 0) is 31.0 Å². The van der Waals surface area contributed by atoms with E-state index in [2.05, 4.69) is 9.88 Å². The molecule has 1 amide bonds. The summed E-state index contributed by atoms with van der Waals surface area (Å²) in [6.45, 7) is 3.55. The van der Waals surface area contributed by atoms with Crippen LogP contribution in [0.5, 0.6) is 0 Å². The van der Waals surface area contributed by atoms with E-state index in [0.29, 0.717) is 31.3 Å². The largest absolute Gasteiger partial charge is 0.469 e. The van der Waals surface area contributed by atoms with Gasteiger partial charge in [0.15, 0.2) is 5.82 Å². The molecule has 0 unspecified atom stereocenters. The molecular weight excluding hydrogens is 320 g/mol. The zero-order chi connectivity index (χ0) is 17.1. The average molecular weight is 342 g/mol. The SMILES string of the molecule is O=C(Cc1ccco1)N1CCOC[C@@H]1c1nccc(N2CCCC2)n1. The van der Waals surface area contributed by atoms with Gasteiger partial charge in [0.25, 0.3) is 0 Å². The number of nitrogens with zero attached hydrogens (tertiary/aromatic N) is 4. The normalized spacial score (nSPS) is 20.9. The number of hydrogen-bond acceptors (Lipinski definition) is 6. The van der Waals surface area contributed by atoms with Gasteiger partial charge in [0.05, 0.1) is 25.9 Å². The highest BCUT2D eigenvalue weighted by Crippen LogP contribution is 2.25. The summed E-state index contributed by atoms with van der Waals surface area (Å²) in [5.74, 6) is 2.27. The molecule has 1 atom stereocenters. The van der Waals surface area contributed by atoms with E-state index in [4.69, 9.17) is 14.1 Å². The van der Waals surface area contributed by atoms with E-state index in [1.54, 1.807) is 18.5 Å². The van der Waals surface area contributed by atoms with E-state index in [1.165, 1.54) is 12.8 Å². The Bertz CT molecular complexity index is 713. The van der Waals surface area contributed by atoms with Crippen LogP contribution in [0.25, 0.3) is 0 Å². The monoisotopic (exact) mass is 342 g/mol. The van der Waals surface area contributed by atoms with Crippen molar-refractivity contribution in [1.29, 1.82) is 0 Å². The number of carbonyl (C=O) groups excluding carboxylic acids is 1. The fourth-order valence-electron chi connectivity index (χ4n) is 3.43. The molecular formula is C18H22N4O3. The van der Waals surface area contributed by atoms with Crippen molar-refractivity contribution < 1.29 is 13.9 Å². The second-order valence-electron chi connectivity index (χ2n) is 6.40. The fraction of sp³-hybridized carbons (Fsp3) is 0.500. The lowest BCUT2D eigenvalue weighted by Crippen LogP contribution is -2.44. The Kier molecular flexibility index (Phi) is 4.65. The summed E-state index contributed by atoms with van der Waals surface area (Å²) in [5.41, 5.74) is 0. The number of ether oxygens (including phenoxy) is 1. The van der Waals surface area contributed by atoms with Crippen LogP contribution < -0.4 is 4.90 Å². The molecule has 0 aromatic carbocycles. The minimum Gasteiger partial charge on any atom is -0.469 e. The van der Waals surface area contributed by atoms with E-state index in [9.17, 15) is 4.79 Å². The fourth-order valence-corrected chi connectivity index (χ4v) is 3.43. The summed E-state index contributed by atoms with van der Waals surface area (Å²) in [5, 5.41) is 0. The Labute approximate surface area is 146 Å². The van der Waals surface area contributed by atoms with Crippen molar-refractivity contribution in [1.82, 2.24) is 14.9 Å². The summed E-state index contributed by atoms with van der Waals surface area (Å²) < 4.78 is 10.9. The number of carbonyl (C=O) groups is 1. The van der Waals surface area contributed by atoms with Gasteiger partial charge < -0.3 is 19.0 Å². The second kappa shape index (κ2) is 7.23. The van der Waals surface area contributed by atoms with Gasteiger partial charge in [0.1, 0.15) is 17.6 Å². The Balaban J connectivity index is 1.54. The van der Waals surface area contributed by atoms with Crippen LogP contribution >= 0.6 is 0 Å². The Hall–Kier alpha value is -2.41. The van der Waals surface area contributed by atoms with Crippen molar-refractivity contribution >= 4 is 11.7 Å². The molecule has 25 heavy (non-hydrogen) atoms. The van der Waals surface area contributed by atoms with Crippen LogP contribution in [0.3, 0.4) is 0 Å². The molecule has 2 fully saturated rings. The van der Waals surface area contributed by atoms with Crippen molar-refractivity contribution in [2.24, 2.45) is 0 Å². The number of amides is 1. The number of hydrogen-bond donors (Lipinski definition) is 0. The summed E-state index contributed by atoms with van der Waals surface area (Å²) in [7, 11) is 0. The molecule has 2 saturated heterocycles. The Morgan fingerprint density at radius 1 is 1.24 bits per heavy atom. The van der Waals surface area contributed by atoms with E-state index in [1.807, 2.05) is 17.0 Å². The van der Waals surface area contributed by atoms with E-state index < -0.39 is 0 Å². The van der Waals surface area contributed by atoms with Crippen molar-refractivity contribution in [2.75, 3.05) is 37.7 Å². The van der Waals surface area contributed by atoms with Crippen LogP contribution in [-0.2, 0) is 16.0 Å². The molecule has 0 N–H and O–H groups in total. The number of morpholine rings is 1. The van der Waals surface area contributed by atoms with Crippen molar-refractivity contribution in [3.05, 3.63) is 42.2 Å². The highest BCUT2D eigenvalue weighted by atomic mass is 16.5. The lowest BCUT2D eigenvalue weighted by atomic mass is 10.1. The zero-order valence-corrected chi connectivity index (χ0v) is 14.1. The van der Waals surface area contributed by atoms with Gasteiger partial charge in [-0.2, -0.15) is 0 Å². The zero-order valence-electron chi connectivity index (χ0n) is 14.1. The van der Waals surface area contributed by atoms with Crippen LogP contribution in [0.4, 0.5) is 5.82 Å². The standard InChI is InChI=1S/C18H22N4O3/c23-17(12-14-4-3-10-25-14)22-9-11-24-13-15(22)18-19-6-5-16(20-18)21-7-1-2-8-21/h3-6,10,15H,1-2,7-9,11-13H2/t15-/m1/s1. The lowest BCUT2D eigenvalue weighted by Gasteiger charge is -2.34. The first-order valence-corrected chi connectivity index (χ1v) is 8.79. The summed E-state index contributed by atoms with van der Waals surface area (Å²) in [4.78, 5) is 26.0. The van der Waals surface area contributed by atoms with Crippen LogP contribution in [0, 0.1) is 0 Å². The van der Waals surface area contributed by atoms with Gasteiger partial charge in [0.2, 0.25) is 5.91 Å². The van der Waals surface area contributed by atoms with E-state index in [0.717, 1.165) is 18.9 Å². The summed E-state index contributed by atoms with van der Waals surface area (Å²) in [6.07, 6.45) is 6.00. The number of anilines is 1. The first kappa shape index (κ1) is 16.1. The molecule has 0 bridgehead atoms. The van der Waals surface area contributed by atoms with Gasteiger partial charge in [-0.1, -0.05) is 0 Å². The van der Waals surface area contributed by atoms with Crippen LogP contribution in [0.2, 0.25) is 0 Å². The molecule has 4 heterocycles. The highest BCUT2D eigenvalue weighted by Gasteiger charge is 2.31. The summed E-state index contributed by atoms with van der Waals surface area (Å²) >= 11 is 0. The molecule has 132 valence electrons. The minimum atomic E-state index is -0.251. The third-order valence-electron chi connectivity index (χ3n) is 4.74. The molecule has 0 aliphatic carbocycles. The van der Waals surface area contributed by atoms with Crippen LogP contribution in [-0.4, -0.2) is 53.6 Å². The third-order valence-corrected chi connectivity index (χ3v) is 4.74. The van der Waals surface area contributed by atoms with Crippen molar-refractivity contribution in [2.45, 2.75) is 25.3 Å². The van der Waals surface area contributed by atoms with Gasteiger partial charge >= 0.3 is 0 Å². The van der Waals surface area contributed by atoms with Crippen LogP contribution in [0.15, 0.2) is 35.1 Å². The molecule has 4 rings (SSSR count). The number of rotatable bonds is 4. The number of furan rings is 1. The maximum Gasteiger partial charge on any atom is 0.230 e. The quantitative estimate of drug-likeness (QED) is 0.844. The molecule has 7 heteroatoms. The predicted molar refractivity (Wildman–Crippen MR) is 91.2 cm³/mol. The molecule has 7 nitrogen and oxygen atoms in total. The van der Waals surface area contributed by atoms with Gasteiger partial charge in [0, 0.05) is 25.8 Å². The molecule has 0 spiro atoms. The van der Waals surface area contributed by atoms with Crippen molar-refractivity contribution in [3.8, 4) is 0 Å². The van der Waals surface area contributed by atoms with Gasteiger partial charge in [-0.3, -0.25) is 4.79 Å². The topological polar surface area (TPSA) is 71.7 Å². The molecule has 0 radical (unpaired) electrons. The van der Waals surface area contributed by atoms with Crippen molar-refractivity contribution in [3.63, 3.8) is 0 Å². The Morgan fingerprint density at radius 2 is 2.12 bits per heavy atom. The molecule has 2 aliphatic heterocycles. The highest BCUT2D eigenvalue weighted by molar-refractivity contribution is 5.78. The number of aromatic nitrogens is 2. The maximum absolute atomic E-state index is 12.7. The first-order chi connectivity index (χ1) is 12.3. The molecule has 2 aliphatic rings. The van der Waals surface area contributed by atoms with Crippen LogP contribution in [0.1, 0.15) is 30.5 Å². The maximum atomic E-state index is 12.7. The van der Waals surface area contributed by atoms with Gasteiger partial charge in [-0.15, -0.1) is 0 Å². The smallest absolute Gasteiger partial charge is 0.230 e. The second-order valence-corrected chi connectivity index (χ2v) is 6.40. The summed E-state index contributed by atoms with van der Waals surface area (Å²) in [6, 6.07) is 5.30. The molecule has 2 aromatic rings. The van der Waals surface area contributed by atoms with Gasteiger partial charge in [-0.25, -0.2) is 9.97 Å². The third kappa shape index (κ3) is 3.51. The predicted octanol–water partition coefficient (Wildman–Crippen LogP) is 1.81. The van der Waals surface area contributed by atoms with E-state index >= 15 is 0 Å². The molecule has 0 saturated carbocycles. The minimum absolute atomic E-state index is 0.0124. The average Bonchev–Trinajstić information content (AvgIpc) is 3.36. The van der Waals surface area contributed by atoms with E-state index in [-0.39, 0.29) is 18.4 Å².